The number of phosphoric ester groups is 1. The first-order valence-electron chi connectivity index (χ1n) is 25.8. The fraction of sp³-hybridized carbons (Fsp3) is 0.755. The van der Waals surface area contributed by atoms with Gasteiger partial charge in [0.2, 0.25) is 0 Å². The van der Waals surface area contributed by atoms with Crippen LogP contribution >= 0.6 is 7.82 Å². The SMILES string of the molecule is CC/C=C\C/C=C\C/C=C\CCCCCCCCCCOCC(COP(=O)(O)OC1C(O)C(O)C(O)C(O)C1O)OC(=O)CCCCCCCC/C=C\C/C=C\C/C=C\CCCCCCC. The first kappa shape index (κ1) is 61.8. The molecule has 6 atom stereocenters. The van der Waals surface area contributed by atoms with Crippen molar-refractivity contribution in [1.82, 2.24) is 0 Å². The van der Waals surface area contributed by atoms with E-state index in [0.29, 0.717) is 13.0 Å². The summed E-state index contributed by atoms with van der Waals surface area (Å²) in [6.07, 6.45) is 43.9. The van der Waals surface area contributed by atoms with E-state index in [9.17, 15) is 39.8 Å². The van der Waals surface area contributed by atoms with Crippen molar-refractivity contribution in [3.8, 4) is 0 Å². The minimum Gasteiger partial charge on any atom is -0.457 e. The third-order valence-electron chi connectivity index (χ3n) is 11.6. The van der Waals surface area contributed by atoms with E-state index in [2.05, 4.69) is 86.8 Å². The second kappa shape index (κ2) is 42.8. The second-order valence-electron chi connectivity index (χ2n) is 17.6. The number of allylic oxidation sites excluding steroid dienone is 12. The lowest BCUT2D eigenvalue weighted by Gasteiger charge is -2.41. The first-order chi connectivity index (χ1) is 32.0. The number of carbonyl (C=O) groups excluding carboxylic acids is 1. The van der Waals surface area contributed by atoms with Crippen molar-refractivity contribution in [2.24, 2.45) is 0 Å². The summed E-state index contributed by atoms with van der Waals surface area (Å²) < 4.78 is 34.3. The molecule has 0 spiro atoms. The molecular formula is C53H93O12P. The van der Waals surface area contributed by atoms with Crippen LogP contribution in [0.15, 0.2) is 72.9 Å². The van der Waals surface area contributed by atoms with Crippen molar-refractivity contribution in [2.75, 3.05) is 19.8 Å². The van der Waals surface area contributed by atoms with Crippen LogP contribution in [0, 0.1) is 0 Å². The van der Waals surface area contributed by atoms with Gasteiger partial charge in [0, 0.05) is 13.0 Å². The predicted octanol–water partition coefficient (Wildman–Crippen LogP) is 11.5. The van der Waals surface area contributed by atoms with Crippen molar-refractivity contribution >= 4 is 13.8 Å². The van der Waals surface area contributed by atoms with Gasteiger partial charge in [-0.25, -0.2) is 4.57 Å². The Labute approximate surface area is 400 Å². The van der Waals surface area contributed by atoms with Gasteiger partial charge in [-0.1, -0.05) is 177 Å². The van der Waals surface area contributed by atoms with Crippen LogP contribution in [0.5, 0.6) is 0 Å². The molecule has 1 aliphatic carbocycles. The van der Waals surface area contributed by atoms with Crippen LogP contribution in [-0.4, -0.2) is 98.9 Å². The lowest BCUT2D eigenvalue weighted by molar-refractivity contribution is -0.220. The van der Waals surface area contributed by atoms with Gasteiger partial charge in [-0.05, 0) is 83.5 Å². The van der Waals surface area contributed by atoms with E-state index in [1.54, 1.807) is 0 Å². The number of phosphoric acid groups is 1. The van der Waals surface area contributed by atoms with E-state index >= 15 is 0 Å². The summed E-state index contributed by atoms with van der Waals surface area (Å²) in [6.45, 7) is 4.11. The van der Waals surface area contributed by atoms with Crippen LogP contribution in [0.25, 0.3) is 0 Å². The monoisotopic (exact) mass is 953 g/mol. The van der Waals surface area contributed by atoms with Gasteiger partial charge in [-0.15, -0.1) is 0 Å². The quantitative estimate of drug-likeness (QED) is 0.0147. The Morgan fingerprint density at radius 3 is 1.36 bits per heavy atom. The maximum absolute atomic E-state index is 12.9. The number of hydrogen-bond acceptors (Lipinski definition) is 11. The molecule has 1 saturated carbocycles. The third-order valence-corrected chi connectivity index (χ3v) is 12.5. The van der Waals surface area contributed by atoms with Gasteiger partial charge in [-0.3, -0.25) is 13.8 Å². The molecule has 13 heteroatoms. The Morgan fingerprint density at radius 1 is 0.500 bits per heavy atom. The van der Waals surface area contributed by atoms with Crippen LogP contribution < -0.4 is 0 Å². The molecule has 0 aromatic carbocycles. The van der Waals surface area contributed by atoms with Gasteiger partial charge in [0.05, 0.1) is 13.2 Å². The normalized spacial score (nSPS) is 22.0. The molecule has 1 fully saturated rings. The van der Waals surface area contributed by atoms with E-state index in [0.717, 1.165) is 103 Å². The van der Waals surface area contributed by atoms with Crippen molar-refractivity contribution in [2.45, 2.75) is 236 Å². The smallest absolute Gasteiger partial charge is 0.457 e. The average Bonchev–Trinajstić information content (AvgIpc) is 3.30. The van der Waals surface area contributed by atoms with Crippen molar-refractivity contribution < 1.29 is 58.3 Å². The third kappa shape index (κ3) is 34.1. The van der Waals surface area contributed by atoms with Crippen LogP contribution in [-0.2, 0) is 27.9 Å². The van der Waals surface area contributed by atoms with Gasteiger partial charge in [0.15, 0.2) is 0 Å². The van der Waals surface area contributed by atoms with Crippen molar-refractivity contribution in [3.63, 3.8) is 0 Å². The fourth-order valence-corrected chi connectivity index (χ4v) is 8.47. The Morgan fingerprint density at radius 2 is 0.894 bits per heavy atom. The summed E-state index contributed by atoms with van der Waals surface area (Å²) in [5, 5.41) is 50.3. The molecule has 0 aromatic heterocycles. The number of carbonyl (C=O) groups is 1. The van der Waals surface area contributed by atoms with Gasteiger partial charge in [0.1, 0.15) is 42.7 Å². The highest BCUT2D eigenvalue weighted by Crippen LogP contribution is 2.47. The zero-order valence-electron chi connectivity index (χ0n) is 41.0. The molecule has 0 saturated heterocycles. The topological polar surface area (TPSA) is 192 Å². The number of ether oxygens (including phenoxy) is 2. The van der Waals surface area contributed by atoms with Gasteiger partial charge < -0.3 is 39.9 Å². The maximum atomic E-state index is 12.9. The number of rotatable bonds is 43. The Kier molecular flexibility index (Phi) is 40.1. The average molecular weight is 953 g/mol. The summed E-state index contributed by atoms with van der Waals surface area (Å²) in [6, 6.07) is 0. The first-order valence-corrected chi connectivity index (χ1v) is 27.3. The van der Waals surface area contributed by atoms with Crippen molar-refractivity contribution in [1.29, 1.82) is 0 Å². The summed E-state index contributed by atoms with van der Waals surface area (Å²) in [4.78, 5) is 23.2. The van der Waals surface area contributed by atoms with Gasteiger partial charge >= 0.3 is 13.8 Å². The molecule has 66 heavy (non-hydrogen) atoms. The van der Waals surface area contributed by atoms with Crippen LogP contribution in [0.4, 0.5) is 0 Å². The Bertz CT molecular complexity index is 1360. The van der Waals surface area contributed by atoms with Crippen LogP contribution in [0.3, 0.4) is 0 Å². The largest absolute Gasteiger partial charge is 0.472 e. The number of unbranched alkanes of at least 4 members (excludes halogenated alkanes) is 19. The lowest BCUT2D eigenvalue weighted by atomic mass is 9.85. The molecule has 0 aliphatic heterocycles. The standard InChI is InChI=1S/C53H93O12P/c1-3-5-7-9-11-13-15-17-19-21-23-24-25-26-28-30-32-34-36-38-40-42-47(54)64-46(45-63-66(60,61)65-53-51(58)49(56)48(55)50(57)52(53)59)44-62-43-41-39-37-35-33-31-29-27-22-20-18-16-14-12-10-8-6-4-2/h6,8,12,14-15,17-18,20-21,23,25-26,46,48-53,55-59H,3-5,7,9-11,13,16,19,22,24,27-45H2,1-2H3,(H,60,61)/b8-6-,14-12-,17-15-,20-18-,23-21-,26-25-. The van der Waals surface area contributed by atoms with Crippen molar-refractivity contribution in [3.05, 3.63) is 72.9 Å². The highest BCUT2D eigenvalue weighted by Gasteiger charge is 2.51. The minimum atomic E-state index is -5.03. The molecule has 0 bridgehead atoms. The highest BCUT2D eigenvalue weighted by atomic mass is 31.2. The lowest BCUT2D eigenvalue weighted by Crippen LogP contribution is -2.64. The molecule has 1 aliphatic rings. The summed E-state index contributed by atoms with van der Waals surface area (Å²) in [5.74, 6) is -0.494. The molecule has 382 valence electrons. The number of aliphatic hydroxyl groups excluding tert-OH is 5. The van der Waals surface area contributed by atoms with E-state index in [1.165, 1.54) is 64.2 Å². The van der Waals surface area contributed by atoms with E-state index in [-0.39, 0.29) is 13.0 Å². The molecular weight excluding hydrogens is 860 g/mol. The van der Waals surface area contributed by atoms with Crippen LogP contribution in [0.2, 0.25) is 0 Å². The molecule has 0 amide bonds. The molecule has 0 aromatic rings. The van der Waals surface area contributed by atoms with E-state index in [4.69, 9.17) is 18.5 Å². The molecule has 0 radical (unpaired) electrons. The van der Waals surface area contributed by atoms with Gasteiger partial charge in [-0.2, -0.15) is 0 Å². The van der Waals surface area contributed by atoms with E-state index < -0.39 is 63.1 Å². The Balaban J connectivity index is 2.37. The van der Waals surface area contributed by atoms with Crippen LogP contribution in [0.1, 0.15) is 194 Å². The summed E-state index contributed by atoms with van der Waals surface area (Å²) in [5.41, 5.74) is 0. The molecule has 1 rings (SSSR count). The maximum Gasteiger partial charge on any atom is 0.472 e. The fourth-order valence-electron chi connectivity index (χ4n) is 7.49. The molecule has 12 nitrogen and oxygen atoms in total. The Hall–Kier alpha value is -2.22. The second-order valence-corrected chi connectivity index (χ2v) is 19.0. The highest BCUT2D eigenvalue weighted by molar-refractivity contribution is 7.47. The summed E-state index contributed by atoms with van der Waals surface area (Å²) in [7, 11) is -5.03. The molecule has 6 unspecified atom stereocenters. The summed E-state index contributed by atoms with van der Waals surface area (Å²) >= 11 is 0. The number of aliphatic hydroxyl groups is 5. The molecule has 0 heterocycles. The minimum absolute atomic E-state index is 0.0908. The zero-order chi connectivity index (χ0) is 48.4. The number of hydrogen-bond donors (Lipinski definition) is 6. The number of esters is 1. The van der Waals surface area contributed by atoms with Gasteiger partial charge in [0.25, 0.3) is 0 Å². The predicted molar refractivity (Wildman–Crippen MR) is 267 cm³/mol. The van der Waals surface area contributed by atoms with E-state index in [1.807, 2.05) is 0 Å². The molecule has 6 N–H and O–H groups in total. The zero-order valence-corrected chi connectivity index (χ0v) is 41.9.